The summed E-state index contributed by atoms with van der Waals surface area (Å²) in [7, 11) is 0. The van der Waals surface area contributed by atoms with E-state index in [0.717, 1.165) is 55.9 Å². The van der Waals surface area contributed by atoms with Gasteiger partial charge in [-0.05, 0) is 49.8 Å². The van der Waals surface area contributed by atoms with Crippen LogP contribution in [-0.2, 0) is 4.74 Å². The maximum absolute atomic E-state index is 13.4. The number of hydrogen-bond donors (Lipinski definition) is 4. The summed E-state index contributed by atoms with van der Waals surface area (Å²) >= 11 is 0. The van der Waals surface area contributed by atoms with Gasteiger partial charge in [0.05, 0.1) is 30.1 Å². The zero-order valence-electron chi connectivity index (χ0n) is 19.6. The van der Waals surface area contributed by atoms with Gasteiger partial charge in [0.1, 0.15) is 24.4 Å². The molecule has 1 saturated heterocycles. The highest BCUT2D eigenvalue weighted by Crippen LogP contribution is 2.32. The van der Waals surface area contributed by atoms with Gasteiger partial charge in [0.25, 0.3) is 5.91 Å². The molecule has 1 amide bonds. The summed E-state index contributed by atoms with van der Waals surface area (Å²) < 4.78 is 4.93. The normalized spacial score (nSPS) is 18.3. The van der Waals surface area contributed by atoms with Gasteiger partial charge in [0.2, 0.25) is 5.95 Å². The van der Waals surface area contributed by atoms with Gasteiger partial charge >= 0.3 is 0 Å². The Morgan fingerprint density at radius 3 is 2.91 bits per heavy atom. The van der Waals surface area contributed by atoms with Crippen molar-refractivity contribution in [3.05, 3.63) is 35.5 Å². The van der Waals surface area contributed by atoms with E-state index in [1.807, 2.05) is 12.1 Å². The largest absolute Gasteiger partial charge is 0.371 e. The molecule has 35 heavy (non-hydrogen) atoms. The number of aromatic nitrogens is 2. The number of nitrogens with one attached hydrogen (secondary N) is 2. The van der Waals surface area contributed by atoms with Crippen molar-refractivity contribution in [2.75, 3.05) is 60.2 Å². The van der Waals surface area contributed by atoms with Crippen LogP contribution in [0.1, 0.15) is 48.2 Å². The van der Waals surface area contributed by atoms with Crippen molar-refractivity contribution in [1.82, 2.24) is 9.97 Å². The SMILES string of the molecule is N#Cc1cc2nc(n1)NCCCCC1CCCN(C1)c1cc(N(O)CCOCO)ccc1C(=O)N2. The molecule has 1 aromatic carbocycles. The number of benzene rings is 1. The first-order valence-electron chi connectivity index (χ1n) is 12.0. The van der Waals surface area contributed by atoms with E-state index in [-0.39, 0.29) is 30.6 Å². The summed E-state index contributed by atoms with van der Waals surface area (Å²) in [5, 5.41) is 35.7. The monoisotopic (exact) mass is 481 g/mol. The predicted octanol–water partition coefficient (Wildman–Crippen LogP) is 2.57. The van der Waals surface area contributed by atoms with E-state index in [0.29, 0.717) is 29.7 Å². The van der Waals surface area contributed by atoms with Crippen LogP contribution in [0, 0.1) is 17.2 Å². The lowest BCUT2D eigenvalue weighted by atomic mass is 9.92. The van der Waals surface area contributed by atoms with Gasteiger partial charge in [-0.1, -0.05) is 6.42 Å². The highest BCUT2D eigenvalue weighted by molar-refractivity contribution is 6.08. The Kier molecular flexibility index (Phi) is 8.31. The minimum absolute atomic E-state index is 0.154. The molecule has 0 saturated carbocycles. The van der Waals surface area contributed by atoms with Crippen LogP contribution in [0.25, 0.3) is 0 Å². The van der Waals surface area contributed by atoms with E-state index in [1.54, 1.807) is 12.1 Å². The molecule has 2 aliphatic heterocycles. The molecule has 3 heterocycles. The Bertz CT molecular complexity index is 1070. The number of aliphatic hydroxyl groups is 1. The summed E-state index contributed by atoms with van der Waals surface area (Å²) in [6.07, 6.45) is 5.25. The van der Waals surface area contributed by atoms with Gasteiger partial charge in [-0.25, -0.2) is 4.98 Å². The quantitative estimate of drug-likeness (QED) is 0.285. The minimum Gasteiger partial charge on any atom is -0.371 e. The Balaban J connectivity index is 1.69. The molecule has 1 fully saturated rings. The van der Waals surface area contributed by atoms with Crippen molar-refractivity contribution in [1.29, 1.82) is 5.26 Å². The fraction of sp³-hybridized carbons (Fsp3) is 0.500. The molecule has 2 aromatic rings. The molecular formula is C24H31N7O4. The fourth-order valence-electron chi connectivity index (χ4n) is 4.59. The Morgan fingerprint density at radius 2 is 2.09 bits per heavy atom. The molecule has 4 bridgehead atoms. The lowest BCUT2D eigenvalue weighted by molar-refractivity contribution is -0.00271. The second-order valence-electron chi connectivity index (χ2n) is 8.77. The highest BCUT2D eigenvalue weighted by Gasteiger charge is 2.25. The van der Waals surface area contributed by atoms with Crippen molar-refractivity contribution in [3.63, 3.8) is 0 Å². The third kappa shape index (κ3) is 6.36. The van der Waals surface area contributed by atoms with Gasteiger partial charge in [-0.3, -0.25) is 15.1 Å². The molecule has 2 aliphatic rings. The number of anilines is 4. The first kappa shape index (κ1) is 24.7. The smallest absolute Gasteiger partial charge is 0.258 e. The molecule has 0 radical (unpaired) electrons. The minimum atomic E-state index is -0.416. The van der Waals surface area contributed by atoms with Crippen molar-refractivity contribution >= 4 is 29.0 Å². The summed E-state index contributed by atoms with van der Waals surface area (Å²) in [4.78, 5) is 24.2. The van der Waals surface area contributed by atoms with Gasteiger partial charge in [-0.15, -0.1) is 0 Å². The maximum Gasteiger partial charge on any atom is 0.258 e. The molecule has 11 nitrogen and oxygen atoms in total. The first-order valence-corrected chi connectivity index (χ1v) is 12.0. The molecule has 1 unspecified atom stereocenters. The number of hydroxylamine groups is 1. The van der Waals surface area contributed by atoms with E-state index in [1.165, 1.54) is 6.07 Å². The van der Waals surface area contributed by atoms with Gasteiger partial charge in [0, 0.05) is 25.7 Å². The zero-order valence-corrected chi connectivity index (χ0v) is 19.6. The third-order valence-electron chi connectivity index (χ3n) is 6.33. The second kappa shape index (κ2) is 11.8. The topological polar surface area (TPSA) is 147 Å². The van der Waals surface area contributed by atoms with E-state index < -0.39 is 6.79 Å². The number of amides is 1. The van der Waals surface area contributed by atoms with Crippen molar-refractivity contribution in [3.8, 4) is 6.07 Å². The molecule has 1 atom stereocenters. The average molecular weight is 482 g/mol. The Labute approximate surface area is 204 Å². The molecule has 1 aromatic heterocycles. The van der Waals surface area contributed by atoms with E-state index in [2.05, 4.69) is 25.5 Å². The number of piperidine rings is 1. The summed E-state index contributed by atoms with van der Waals surface area (Å²) in [6.45, 7) is 2.25. The molecule has 11 heteroatoms. The zero-order chi connectivity index (χ0) is 24.6. The van der Waals surface area contributed by atoms with Crippen LogP contribution in [0.3, 0.4) is 0 Å². The lowest BCUT2D eigenvalue weighted by Gasteiger charge is -2.36. The number of hydrogen-bond acceptors (Lipinski definition) is 10. The molecule has 186 valence electrons. The maximum atomic E-state index is 13.4. The molecule has 0 aliphatic carbocycles. The van der Waals surface area contributed by atoms with Crippen LogP contribution >= 0.6 is 0 Å². The van der Waals surface area contributed by atoms with Crippen LogP contribution in [-0.4, -0.2) is 65.8 Å². The van der Waals surface area contributed by atoms with Crippen molar-refractivity contribution < 1.29 is 19.8 Å². The van der Waals surface area contributed by atoms with Gasteiger partial charge in [0.15, 0.2) is 0 Å². The third-order valence-corrected chi connectivity index (χ3v) is 6.33. The summed E-state index contributed by atoms with van der Waals surface area (Å²) in [5.74, 6) is 0.716. The molecule has 4 rings (SSSR count). The van der Waals surface area contributed by atoms with Crippen LogP contribution in [0.4, 0.5) is 23.1 Å². The Hall–Kier alpha value is -3.46. The average Bonchev–Trinajstić information content (AvgIpc) is 2.88. The van der Waals surface area contributed by atoms with E-state index >= 15 is 0 Å². The van der Waals surface area contributed by atoms with Crippen LogP contribution in [0.2, 0.25) is 0 Å². The number of rotatable bonds is 5. The van der Waals surface area contributed by atoms with E-state index in [9.17, 15) is 15.3 Å². The standard InChI is InChI=1S/C24H31N7O4/c25-14-18-12-22-28-23(33)20-7-6-19(31(34)10-11-35-16-32)13-21(20)30-9-3-5-17(15-30)4-1-2-8-26-24(27-18)29-22/h6-7,12-13,17,32,34H,1-5,8-11,15-16H2,(H2,26,27,28,29,33). The molecule has 4 N–H and O–H groups in total. The molecular weight excluding hydrogens is 450 g/mol. The Morgan fingerprint density at radius 1 is 1.23 bits per heavy atom. The number of nitrogens with zero attached hydrogens (tertiary/aromatic N) is 5. The highest BCUT2D eigenvalue weighted by atomic mass is 16.6. The van der Waals surface area contributed by atoms with Gasteiger partial charge in [-0.2, -0.15) is 10.2 Å². The predicted molar refractivity (Wildman–Crippen MR) is 131 cm³/mol. The lowest BCUT2D eigenvalue weighted by Crippen LogP contribution is -2.37. The fourth-order valence-corrected chi connectivity index (χ4v) is 4.59. The van der Waals surface area contributed by atoms with Crippen LogP contribution < -0.4 is 20.6 Å². The van der Waals surface area contributed by atoms with Crippen LogP contribution in [0.5, 0.6) is 0 Å². The molecule has 0 spiro atoms. The number of aliphatic hydroxyl groups excluding tert-OH is 1. The van der Waals surface area contributed by atoms with Gasteiger partial charge < -0.3 is 25.4 Å². The number of ether oxygens (including phenoxy) is 1. The van der Waals surface area contributed by atoms with E-state index in [4.69, 9.17) is 9.84 Å². The number of carbonyl (C=O) groups is 1. The second-order valence-corrected chi connectivity index (χ2v) is 8.77. The first-order chi connectivity index (χ1) is 17.1. The summed E-state index contributed by atoms with van der Waals surface area (Å²) in [5.41, 5.74) is 1.88. The van der Waals surface area contributed by atoms with Crippen molar-refractivity contribution in [2.45, 2.75) is 32.1 Å². The number of nitriles is 1. The summed E-state index contributed by atoms with van der Waals surface area (Å²) in [6, 6.07) is 8.62. The van der Waals surface area contributed by atoms with Crippen LogP contribution in [0.15, 0.2) is 24.3 Å². The number of fused-ring (bicyclic) bond motifs is 6. The number of carbonyl (C=O) groups excluding carboxylic acids is 1. The van der Waals surface area contributed by atoms with Crippen molar-refractivity contribution in [2.24, 2.45) is 5.92 Å².